The molecule has 1 aliphatic rings. The summed E-state index contributed by atoms with van der Waals surface area (Å²) >= 11 is 7.20. The Hall–Kier alpha value is -3.63. The van der Waals surface area contributed by atoms with Crippen molar-refractivity contribution in [2.45, 2.75) is 27.7 Å². The second-order valence-corrected chi connectivity index (χ2v) is 10.5. The number of thiocarbonyl (C=S) groups is 1. The lowest BCUT2D eigenvalue weighted by molar-refractivity contribution is 0.384. The van der Waals surface area contributed by atoms with Gasteiger partial charge in [-0.25, -0.2) is 9.97 Å². The van der Waals surface area contributed by atoms with Crippen LogP contribution in [0.15, 0.2) is 53.5 Å². The first-order valence-corrected chi connectivity index (χ1v) is 13.4. The molecular formula is C27H30N8S2. The highest BCUT2D eigenvalue weighted by Crippen LogP contribution is 2.30. The highest BCUT2D eigenvalue weighted by molar-refractivity contribution is 7.80. The number of fused-ring (bicyclic) bond motifs is 1. The van der Waals surface area contributed by atoms with E-state index in [0.717, 1.165) is 49.1 Å². The van der Waals surface area contributed by atoms with Crippen molar-refractivity contribution in [3.05, 3.63) is 71.0 Å². The molecule has 0 unspecified atom stereocenters. The smallest absolute Gasteiger partial charge is 0.229 e. The van der Waals surface area contributed by atoms with Gasteiger partial charge in [-0.15, -0.1) is 0 Å². The van der Waals surface area contributed by atoms with Gasteiger partial charge in [-0.05, 0) is 92.9 Å². The van der Waals surface area contributed by atoms with E-state index in [-0.39, 0.29) is 0 Å². The van der Waals surface area contributed by atoms with Crippen LogP contribution in [0.2, 0.25) is 0 Å². The number of piperazine rings is 1. The fraction of sp³-hybridized carbons (Fsp3) is 0.296. The zero-order valence-electron chi connectivity index (χ0n) is 21.4. The van der Waals surface area contributed by atoms with E-state index >= 15 is 0 Å². The Labute approximate surface area is 226 Å². The third-order valence-corrected chi connectivity index (χ3v) is 7.13. The summed E-state index contributed by atoms with van der Waals surface area (Å²) in [6.07, 6.45) is 0. The van der Waals surface area contributed by atoms with Crippen molar-refractivity contribution in [1.29, 1.82) is 0 Å². The van der Waals surface area contributed by atoms with Gasteiger partial charge < -0.3 is 15.1 Å². The number of nitrogens with zero attached hydrogens (tertiary/aromatic N) is 6. The van der Waals surface area contributed by atoms with E-state index in [2.05, 4.69) is 86.7 Å². The fourth-order valence-electron chi connectivity index (χ4n) is 4.58. The van der Waals surface area contributed by atoms with Crippen LogP contribution in [0.5, 0.6) is 0 Å². The van der Waals surface area contributed by atoms with Crippen LogP contribution >= 0.6 is 23.8 Å². The lowest BCUT2D eigenvalue weighted by atomic mass is 10.1. The number of aromatic nitrogens is 3. The molecule has 0 radical (unpaired) electrons. The van der Waals surface area contributed by atoms with Gasteiger partial charge in [-0.3, -0.25) is 5.32 Å². The van der Waals surface area contributed by atoms with Gasteiger partial charge in [0.05, 0.1) is 4.70 Å². The molecule has 2 N–H and O–H groups in total. The standard InChI is InChI=1S/C27H30N8S2/c1-17-13-18(2)15-21(14-17)30-27(36)32-26(31-25-28-19(3)16-20(4)29-25)35-11-9-34(10-12-35)24-22-7-5-6-8-23(22)37-33-24/h5-8,13-16H,9-12H2,1-4H3,(H2,28,29,30,31,32,36). The van der Waals surface area contributed by atoms with Crippen LogP contribution in [0.25, 0.3) is 10.1 Å². The Balaban J connectivity index is 1.37. The number of aryl methyl sites for hydroxylation is 4. The van der Waals surface area contributed by atoms with Crippen LogP contribution < -0.4 is 15.5 Å². The van der Waals surface area contributed by atoms with Gasteiger partial charge in [0.1, 0.15) is 5.82 Å². The zero-order chi connectivity index (χ0) is 25.9. The predicted octanol–water partition coefficient (Wildman–Crippen LogP) is 5.31. The minimum Gasteiger partial charge on any atom is -0.352 e. The quantitative estimate of drug-likeness (QED) is 0.210. The van der Waals surface area contributed by atoms with Crippen LogP contribution in [-0.2, 0) is 0 Å². The minimum atomic E-state index is 0.379. The third kappa shape index (κ3) is 6.03. The van der Waals surface area contributed by atoms with Gasteiger partial charge in [0.25, 0.3) is 0 Å². The number of anilines is 3. The first-order valence-electron chi connectivity index (χ1n) is 12.3. The molecule has 0 saturated carbocycles. The van der Waals surface area contributed by atoms with Gasteiger partial charge in [-0.1, -0.05) is 18.2 Å². The molecule has 0 atom stereocenters. The molecule has 2 aromatic carbocycles. The van der Waals surface area contributed by atoms with Crippen LogP contribution in [0, 0.1) is 27.7 Å². The molecule has 0 bridgehead atoms. The summed E-state index contributed by atoms with van der Waals surface area (Å²) in [6.45, 7) is 11.2. The molecule has 8 nitrogen and oxygen atoms in total. The van der Waals surface area contributed by atoms with E-state index in [4.69, 9.17) is 21.6 Å². The fourth-order valence-corrected chi connectivity index (χ4v) is 5.58. The molecule has 10 heteroatoms. The molecule has 0 amide bonds. The molecule has 1 saturated heterocycles. The largest absolute Gasteiger partial charge is 0.352 e. The Morgan fingerprint density at radius 3 is 2.27 bits per heavy atom. The number of benzene rings is 2. The maximum Gasteiger partial charge on any atom is 0.229 e. The van der Waals surface area contributed by atoms with Crippen molar-refractivity contribution < 1.29 is 0 Å². The van der Waals surface area contributed by atoms with Crippen LogP contribution in [-0.4, -0.2) is 56.5 Å². The molecule has 37 heavy (non-hydrogen) atoms. The molecule has 190 valence electrons. The van der Waals surface area contributed by atoms with Crippen LogP contribution in [0.3, 0.4) is 0 Å². The summed E-state index contributed by atoms with van der Waals surface area (Å²) in [5, 5.41) is 8.20. The van der Waals surface area contributed by atoms with Gasteiger partial charge in [0.2, 0.25) is 17.0 Å². The van der Waals surface area contributed by atoms with Gasteiger partial charge in [-0.2, -0.15) is 9.37 Å². The third-order valence-electron chi connectivity index (χ3n) is 6.12. The van der Waals surface area contributed by atoms with E-state index in [0.29, 0.717) is 17.0 Å². The van der Waals surface area contributed by atoms with Crippen molar-refractivity contribution >= 4 is 62.4 Å². The first kappa shape index (κ1) is 25.0. The van der Waals surface area contributed by atoms with Crippen molar-refractivity contribution in [2.75, 3.05) is 41.7 Å². The van der Waals surface area contributed by atoms with Crippen molar-refractivity contribution in [3.63, 3.8) is 0 Å². The highest BCUT2D eigenvalue weighted by atomic mass is 32.1. The Morgan fingerprint density at radius 2 is 1.57 bits per heavy atom. The predicted molar refractivity (Wildman–Crippen MR) is 158 cm³/mol. The molecule has 4 aromatic rings. The average Bonchev–Trinajstić information content (AvgIpc) is 3.27. The molecule has 0 spiro atoms. The normalized spacial score (nSPS) is 14.2. The highest BCUT2D eigenvalue weighted by Gasteiger charge is 2.24. The molecule has 2 aromatic heterocycles. The summed E-state index contributed by atoms with van der Waals surface area (Å²) in [4.78, 5) is 18.4. The van der Waals surface area contributed by atoms with E-state index < -0.39 is 0 Å². The number of nitrogens with one attached hydrogen (secondary N) is 2. The van der Waals surface area contributed by atoms with E-state index in [1.807, 2.05) is 19.9 Å². The molecule has 3 heterocycles. The van der Waals surface area contributed by atoms with Crippen LogP contribution in [0.4, 0.5) is 17.5 Å². The van der Waals surface area contributed by atoms with E-state index in [9.17, 15) is 0 Å². The van der Waals surface area contributed by atoms with Crippen molar-refractivity contribution in [1.82, 2.24) is 19.2 Å². The van der Waals surface area contributed by atoms with Crippen LogP contribution in [0.1, 0.15) is 22.5 Å². The summed E-state index contributed by atoms with van der Waals surface area (Å²) in [5.41, 5.74) is 5.05. The Kier molecular flexibility index (Phi) is 7.29. The number of rotatable bonds is 3. The summed E-state index contributed by atoms with van der Waals surface area (Å²) in [7, 11) is 0. The lowest BCUT2D eigenvalue weighted by Crippen LogP contribution is -2.51. The molecule has 5 rings (SSSR count). The zero-order valence-corrected chi connectivity index (χ0v) is 23.1. The van der Waals surface area contributed by atoms with E-state index in [1.54, 1.807) is 11.5 Å². The second kappa shape index (κ2) is 10.8. The van der Waals surface area contributed by atoms with Crippen molar-refractivity contribution in [3.8, 4) is 0 Å². The number of hydrogen-bond acceptors (Lipinski definition) is 6. The molecule has 0 aliphatic carbocycles. The average molecular weight is 531 g/mol. The lowest BCUT2D eigenvalue weighted by Gasteiger charge is -2.36. The summed E-state index contributed by atoms with van der Waals surface area (Å²) < 4.78 is 5.94. The first-order chi connectivity index (χ1) is 17.8. The summed E-state index contributed by atoms with van der Waals surface area (Å²) in [6, 6.07) is 16.6. The second-order valence-electron chi connectivity index (χ2n) is 9.32. The number of aliphatic imine (C=N–C) groups is 1. The molecule has 1 fully saturated rings. The molecular weight excluding hydrogens is 500 g/mol. The summed E-state index contributed by atoms with van der Waals surface area (Å²) in [5.74, 6) is 2.20. The number of guanidine groups is 1. The Bertz CT molecular complexity index is 1430. The minimum absolute atomic E-state index is 0.379. The number of hydrogen-bond donors (Lipinski definition) is 2. The topological polar surface area (TPSA) is 81.6 Å². The Morgan fingerprint density at radius 1 is 0.892 bits per heavy atom. The SMILES string of the molecule is Cc1cc(C)cc(NC(=S)/N=C(/Nc2nc(C)cc(C)n2)N2CCN(c3nsc4ccccc34)CC2)c1. The maximum atomic E-state index is 5.65. The van der Waals surface area contributed by atoms with Gasteiger partial charge in [0.15, 0.2) is 0 Å². The monoisotopic (exact) mass is 530 g/mol. The maximum absolute atomic E-state index is 5.65. The van der Waals surface area contributed by atoms with E-state index in [1.165, 1.54) is 21.2 Å². The van der Waals surface area contributed by atoms with Crippen molar-refractivity contribution in [2.24, 2.45) is 4.99 Å². The van der Waals surface area contributed by atoms with Gasteiger partial charge in [0, 0.05) is 48.6 Å². The van der Waals surface area contributed by atoms with Gasteiger partial charge >= 0.3 is 0 Å². The molecule has 1 aliphatic heterocycles.